The smallest absolute Gasteiger partial charge is 0.320 e. The molecule has 0 fully saturated rings. The Morgan fingerprint density at radius 3 is 1.29 bits per heavy atom. The Labute approximate surface area is 347 Å². The summed E-state index contributed by atoms with van der Waals surface area (Å²) in [5.41, 5.74) is -1.21. The summed E-state index contributed by atoms with van der Waals surface area (Å²) in [6.07, 6.45) is 2.25. The van der Waals surface area contributed by atoms with E-state index in [0.717, 1.165) is 0 Å². The number of aliphatic hydroxyl groups is 1. The quantitative estimate of drug-likeness (QED) is 0.0829. The Balaban J connectivity index is 3.29. The van der Waals surface area contributed by atoms with Gasteiger partial charge in [0.25, 0.3) is 0 Å². The molecule has 0 aromatic rings. The number of nitrogens with zero attached hydrogens (tertiary/aromatic N) is 4. The summed E-state index contributed by atoms with van der Waals surface area (Å²) in [4.78, 5) is 83.9. The summed E-state index contributed by atoms with van der Waals surface area (Å²) >= 11 is 0. The van der Waals surface area contributed by atoms with Crippen LogP contribution in [0, 0.1) is 29.1 Å². The molecule has 0 aromatic heterocycles. The summed E-state index contributed by atoms with van der Waals surface area (Å²) < 4.78 is 21.6. The van der Waals surface area contributed by atoms with Gasteiger partial charge in [-0.25, -0.2) is 0 Å². The second-order valence-electron chi connectivity index (χ2n) is 18.5. The van der Waals surface area contributed by atoms with Gasteiger partial charge in [-0.15, -0.1) is 0 Å². The number of nitrogens with one attached hydrogen (secondary N) is 1. The zero-order chi connectivity index (χ0) is 44.2. The topological polar surface area (TPSA) is 185 Å². The third-order valence-electron chi connectivity index (χ3n) is 8.56. The van der Waals surface area contributed by atoms with Crippen molar-refractivity contribution in [1.82, 2.24) is 24.9 Å². The zero-order valence-electron chi connectivity index (χ0n) is 37.5. The predicted molar refractivity (Wildman–Crippen MR) is 220 cm³/mol. The molecule has 0 radical (unpaired) electrons. The van der Waals surface area contributed by atoms with E-state index >= 15 is 0 Å². The van der Waals surface area contributed by atoms with Crippen LogP contribution in [0.25, 0.3) is 0 Å². The largest absolute Gasteiger partial charge is 0.464 e. The molecule has 0 aliphatic carbocycles. The van der Waals surface area contributed by atoms with Crippen molar-refractivity contribution in [3.8, 4) is 0 Å². The van der Waals surface area contributed by atoms with E-state index in [2.05, 4.69) is 5.32 Å². The summed E-state index contributed by atoms with van der Waals surface area (Å²) in [6.45, 7) is 24.3. The minimum atomic E-state index is -1.000. The highest BCUT2D eigenvalue weighted by Crippen LogP contribution is 2.30. The fourth-order valence-corrected chi connectivity index (χ4v) is 6.26. The molecule has 1 rings (SSSR count). The fourth-order valence-electron chi connectivity index (χ4n) is 6.26. The Kier molecular flexibility index (Phi) is 23.3. The van der Waals surface area contributed by atoms with Gasteiger partial charge in [0.05, 0.1) is 59.2 Å². The lowest BCUT2D eigenvalue weighted by Gasteiger charge is -2.39. The molecule has 1 unspecified atom stereocenters. The second-order valence-corrected chi connectivity index (χ2v) is 18.5. The number of carbonyl (C=O) groups excluding carboxylic acids is 6. The van der Waals surface area contributed by atoms with Crippen LogP contribution < -0.4 is 5.32 Å². The maximum atomic E-state index is 13.8. The summed E-state index contributed by atoms with van der Waals surface area (Å²) in [6, 6.07) is 0. The molecule has 1 aliphatic rings. The van der Waals surface area contributed by atoms with Crippen molar-refractivity contribution in [2.24, 2.45) is 29.1 Å². The van der Waals surface area contributed by atoms with Gasteiger partial charge in [0.1, 0.15) is 6.23 Å². The van der Waals surface area contributed by atoms with E-state index in [0.29, 0.717) is 6.42 Å². The van der Waals surface area contributed by atoms with E-state index in [4.69, 9.17) is 18.9 Å². The van der Waals surface area contributed by atoms with Gasteiger partial charge in [0, 0.05) is 44.3 Å². The minimum absolute atomic E-state index is 0.0933. The molecule has 334 valence electrons. The van der Waals surface area contributed by atoms with Crippen LogP contribution in [0.3, 0.4) is 0 Å². The third kappa shape index (κ3) is 24.4. The average molecular weight is 826 g/mol. The molecule has 58 heavy (non-hydrogen) atoms. The number of amides is 2. The Morgan fingerprint density at radius 2 is 0.983 bits per heavy atom. The van der Waals surface area contributed by atoms with E-state index in [1.54, 1.807) is 9.80 Å². The van der Waals surface area contributed by atoms with E-state index < -0.39 is 41.1 Å². The van der Waals surface area contributed by atoms with E-state index in [1.165, 1.54) is 17.1 Å². The molecular weight excluding hydrogens is 750 g/mol. The first kappa shape index (κ1) is 52.4. The molecular formula is C42H75N5O11. The first-order valence-electron chi connectivity index (χ1n) is 20.6. The van der Waals surface area contributed by atoms with Gasteiger partial charge in [-0.2, -0.15) is 0 Å². The molecule has 2 amide bonds. The lowest BCUT2D eigenvalue weighted by Crippen LogP contribution is -2.53. The van der Waals surface area contributed by atoms with Crippen molar-refractivity contribution < 1.29 is 52.8 Å². The lowest BCUT2D eigenvalue weighted by molar-refractivity contribution is -0.151. The number of hydrogen-bond donors (Lipinski definition) is 2. The highest BCUT2D eigenvalue weighted by Gasteiger charge is 2.35. The highest BCUT2D eigenvalue weighted by atomic mass is 16.5. The van der Waals surface area contributed by atoms with Gasteiger partial charge in [-0.1, -0.05) is 69.2 Å². The number of esters is 4. The Bertz CT molecular complexity index is 1240. The normalized spacial score (nSPS) is 14.8. The van der Waals surface area contributed by atoms with Crippen molar-refractivity contribution >= 4 is 35.7 Å². The number of aliphatic hydroxyl groups excluding tert-OH is 1. The molecule has 1 heterocycles. The average Bonchev–Trinajstić information content (AvgIpc) is 3.39. The summed E-state index contributed by atoms with van der Waals surface area (Å²) in [5.74, 6) is -2.08. The van der Waals surface area contributed by atoms with Crippen molar-refractivity contribution in [2.45, 2.75) is 101 Å². The molecule has 16 heteroatoms. The molecule has 2 N–H and O–H groups in total. The van der Waals surface area contributed by atoms with Crippen LogP contribution in [0.5, 0.6) is 0 Å². The minimum Gasteiger partial charge on any atom is -0.464 e. The molecule has 0 saturated heterocycles. The van der Waals surface area contributed by atoms with Crippen LogP contribution in [0.4, 0.5) is 0 Å². The second kappa shape index (κ2) is 25.8. The molecule has 0 saturated carbocycles. The first-order valence-corrected chi connectivity index (χ1v) is 20.6. The number of carbonyl (C=O) groups is 6. The lowest BCUT2D eigenvalue weighted by atomic mass is 9.79. The number of rotatable bonds is 29. The predicted octanol–water partition coefficient (Wildman–Crippen LogP) is 2.72. The zero-order valence-corrected chi connectivity index (χ0v) is 37.5. The maximum absolute atomic E-state index is 13.8. The van der Waals surface area contributed by atoms with Crippen LogP contribution >= 0.6 is 0 Å². The van der Waals surface area contributed by atoms with Crippen LogP contribution in [0.2, 0.25) is 0 Å². The Morgan fingerprint density at radius 1 is 0.638 bits per heavy atom. The maximum Gasteiger partial charge on any atom is 0.320 e. The molecule has 1 aliphatic heterocycles. The Hall–Kier alpha value is -3.60. The van der Waals surface area contributed by atoms with Crippen molar-refractivity contribution in [1.29, 1.82) is 0 Å². The summed E-state index contributed by atoms with van der Waals surface area (Å²) in [7, 11) is 0. The highest BCUT2D eigenvalue weighted by molar-refractivity contribution is 5.90. The molecule has 1 atom stereocenters. The number of hydrogen-bond acceptors (Lipinski definition) is 14. The van der Waals surface area contributed by atoms with Gasteiger partial charge >= 0.3 is 23.9 Å². The van der Waals surface area contributed by atoms with Crippen LogP contribution in [-0.4, -0.2) is 164 Å². The number of ether oxygens (including phenoxy) is 4. The standard InChI is InChI=1S/C42H75N5O11/c1-30(2)24-55-37(51)20-45(21-38(52)56-25-31(3)4)17-15-44(16-18-46(22-39(53)57-26-32(5)6)23-40(54)58-27-33(7)8)19-34(48)43-42(11,12)28-41(9,10)29-47-35(49)13-14-36(47)50/h13-14,30-33,35,49H,15-29H2,1-12H3,(H,43,48). The molecule has 0 bridgehead atoms. The monoisotopic (exact) mass is 826 g/mol. The van der Waals surface area contributed by atoms with Gasteiger partial charge in [0.2, 0.25) is 11.8 Å². The van der Waals surface area contributed by atoms with Crippen molar-refractivity contribution in [3.05, 3.63) is 12.2 Å². The van der Waals surface area contributed by atoms with Crippen molar-refractivity contribution in [2.75, 3.05) is 91.9 Å². The van der Waals surface area contributed by atoms with Gasteiger partial charge in [-0.3, -0.25) is 43.5 Å². The van der Waals surface area contributed by atoms with Crippen LogP contribution in [0.15, 0.2) is 12.2 Å². The SMILES string of the molecule is CC(C)COC(=O)CN(CCN(CCN(CC(=O)OCC(C)C)CC(=O)OCC(C)C)CC(=O)NC(C)(C)CC(C)(C)CN1C(=O)C=CC1O)CC(=O)OCC(C)C. The van der Waals surface area contributed by atoms with Gasteiger partial charge in [0.15, 0.2) is 0 Å². The van der Waals surface area contributed by atoms with Gasteiger partial charge in [-0.05, 0) is 55.4 Å². The van der Waals surface area contributed by atoms with E-state index in [1.807, 2.05) is 88.0 Å². The molecule has 0 spiro atoms. The van der Waals surface area contributed by atoms with E-state index in [9.17, 15) is 33.9 Å². The summed E-state index contributed by atoms with van der Waals surface area (Å²) in [5, 5.41) is 13.4. The molecule has 0 aromatic carbocycles. The van der Waals surface area contributed by atoms with Crippen molar-refractivity contribution in [3.63, 3.8) is 0 Å². The van der Waals surface area contributed by atoms with Gasteiger partial charge < -0.3 is 34.3 Å². The third-order valence-corrected chi connectivity index (χ3v) is 8.56. The molecule has 16 nitrogen and oxygen atoms in total. The fraction of sp³-hybridized carbons (Fsp3) is 0.810. The van der Waals surface area contributed by atoms with Crippen LogP contribution in [-0.2, 0) is 47.7 Å². The first-order chi connectivity index (χ1) is 26.9. The van der Waals surface area contributed by atoms with Crippen LogP contribution in [0.1, 0.15) is 89.5 Å². The van der Waals surface area contributed by atoms with E-state index in [-0.39, 0.29) is 127 Å².